The van der Waals surface area contributed by atoms with Crippen LogP contribution in [0, 0.1) is 16.7 Å². The van der Waals surface area contributed by atoms with Gasteiger partial charge in [-0.25, -0.2) is 0 Å². The number of ether oxygens (including phenoxy) is 1. The Morgan fingerprint density at radius 1 is 1.50 bits per heavy atom. The lowest BCUT2D eigenvalue weighted by molar-refractivity contribution is 0.0937. The van der Waals surface area contributed by atoms with Crippen LogP contribution in [0.1, 0.15) is 12.8 Å². The van der Waals surface area contributed by atoms with E-state index >= 15 is 0 Å². The Hall–Kier alpha value is -0.300. The molecule has 1 aliphatic rings. The Balaban J connectivity index is 0.00000121. The molecule has 4 heteroatoms. The Labute approximate surface area is 79.5 Å². The van der Waals surface area contributed by atoms with E-state index in [9.17, 15) is 0 Å². The molecule has 0 bridgehead atoms. The second-order valence-corrected chi connectivity index (χ2v) is 3.08. The van der Waals surface area contributed by atoms with Crippen molar-refractivity contribution in [2.24, 2.45) is 5.41 Å². The van der Waals surface area contributed by atoms with Gasteiger partial charge in [-0.2, -0.15) is 5.26 Å². The predicted molar refractivity (Wildman–Crippen MR) is 49.3 cm³/mol. The minimum absolute atomic E-state index is 0. The zero-order valence-electron chi connectivity index (χ0n) is 7.30. The van der Waals surface area contributed by atoms with Crippen molar-refractivity contribution < 1.29 is 4.74 Å². The van der Waals surface area contributed by atoms with Crippen molar-refractivity contribution in [2.75, 3.05) is 26.8 Å². The van der Waals surface area contributed by atoms with E-state index in [4.69, 9.17) is 10.00 Å². The number of halogens is 1. The molecular weight excluding hydrogens is 176 g/mol. The van der Waals surface area contributed by atoms with Gasteiger partial charge in [-0.1, -0.05) is 0 Å². The lowest BCUT2D eigenvalue weighted by Crippen LogP contribution is -2.38. The average molecular weight is 191 g/mol. The van der Waals surface area contributed by atoms with Crippen LogP contribution >= 0.6 is 12.4 Å². The second-order valence-electron chi connectivity index (χ2n) is 3.08. The lowest BCUT2D eigenvalue weighted by Gasteiger charge is -2.30. The fraction of sp³-hybridized carbons (Fsp3) is 0.875. The van der Waals surface area contributed by atoms with Crippen molar-refractivity contribution >= 4 is 12.4 Å². The van der Waals surface area contributed by atoms with Crippen molar-refractivity contribution in [3.8, 4) is 6.07 Å². The lowest BCUT2D eigenvalue weighted by atomic mass is 9.81. The molecule has 70 valence electrons. The van der Waals surface area contributed by atoms with E-state index < -0.39 is 0 Å². The summed E-state index contributed by atoms with van der Waals surface area (Å²) < 4.78 is 5.03. The summed E-state index contributed by atoms with van der Waals surface area (Å²) in [5.74, 6) is 0. The molecule has 0 atom stereocenters. The molecule has 0 aromatic heterocycles. The van der Waals surface area contributed by atoms with Gasteiger partial charge in [-0.05, 0) is 25.9 Å². The SMILES string of the molecule is COCC1(C#N)CCNCC1.Cl. The number of nitriles is 1. The zero-order valence-corrected chi connectivity index (χ0v) is 8.12. The smallest absolute Gasteiger partial charge is 0.0830 e. The van der Waals surface area contributed by atoms with Gasteiger partial charge in [0.25, 0.3) is 0 Å². The monoisotopic (exact) mass is 190 g/mol. The van der Waals surface area contributed by atoms with E-state index in [1.165, 1.54) is 0 Å². The number of hydrogen-bond acceptors (Lipinski definition) is 3. The summed E-state index contributed by atoms with van der Waals surface area (Å²) in [5.41, 5.74) is -0.208. The van der Waals surface area contributed by atoms with E-state index in [2.05, 4.69) is 11.4 Å². The van der Waals surface area contributed by atoms with Crippen LogP contribution in [-0.4, -0.2) is 26.8 Å². The largest absolute Gasteiger partial charge is 0.383 e. The first-order valence-corrected chi connectivity index (χ1v) is 3.94. The molecule has 3 nitrogen and oxygen atoms in total. The van der Waals surface area contributed by atoms with Crippen molar-refractivity contribution in [1.82, 2.24) is 5.32 Å². The van der Waals surface area contributed by atoms with Gasteiger partial charge in [0.2, 0.25) is 0 Å². The molecule has 0 unspecified atom stereocenters. The van der Waals surface area contributed by atoms with Gasteiger partial charge in [-0.15, -0.1) is 12.4 Å². The first-order chi connectivity index (χ1) is 5.33. The highest BCUT2D eigenvalue weighted by atomic mass is 35.5. The minimum atomic E-state index is -0.208. The van der Waals surface area contributed by atoms with Crippen molar-refractivity contribution in [3.63, 3.8) is 0 Å². The summed E-state index contributed by atoms with van der Waals surface area (Å²) in [4.78, 5) is 0. The molecule has 0 spiro atoms. The summed E-state index contributed by atoms with van der Waals surface area (Å²) in [7, 11) is 1.65. The summed E-state index contributed by atoms with van der Waals surface area (Å²) in [5, 5.41) is 12.1. The Morgan fingerprint density at radius 2 is 2.08 bits per heavy atom. The summed E-state index contributed by atoms with van der Waals surface area (Å²) in [6.45, 7) is 2.46. The first kappa shape index (κ1) is 11.7. The normalized spacial score (nSPS) is 20.7. The second kappa shape index (κ2) is 5.36. The highest BCUT2D eigenvalue weighted by Crippen LogP contribution is 2.27. The van der Waals surface area contributed by atoms with Crippen molar-refractivity contribution in [2.45, 2.75) is 12.8 Å². The summed E-state index contributed by atoms with van der Waals surface area (Å²) in [6, 6.07) is 2.35. The maximum absolute atomic E-state index is 8.91. The molecule has 1 rings (SSSR count). The van der Waals surface area contributed by atoms with Crippen LogP contribution in [0.4, 0.5) is 0 Å². The number of nitrogens with one attached hydrogen (secondary N) is 1. The van der Waals surface area contributed by atoms with Gasteiger partial charge >= 0.3 is 0 Å². The fourth-order valence-corrected chi connectivity index (χ4v) is 1.47. The number of hydrogen-bond donors (Lipinski definition) is 1. The summed E-state index contributed by atoms with van der Waals surface area (Å²) >= 11 is 0. The molecule has 12 heavy (non-hydrogen) atoms. The van der Waals surface area contributed by atoms with Gasteiger partial charge < -0.3 is 10.1 Å². The maximum Gasteiger partial charge on any atom is 0.0830 e. The standard InChI is InChI=1S/C8H14N2O.ClH/c1-11-7-8(6-9)2-4-10-5-3-8;/h10H,2-5,7H2,1H3;1H. The molecule has 1 N–H and O–H groups in total. The Morgan fingerprint density at radius 3 is 2.50 bits per heavy atom. The van der Waals surface area contributed by atoms with Gasteiger partial charge in [0.1, 0.15) is 0 Å². The fourth-order valence-electron chi connectivity index (χ4n) is 1.47. The molecule has 0 saturated carbocycles. The third kappa shape index (κ3) is 2.63. The molecule has 1 fully saturated rings. The zero-order chi connectivity index (χ0) is 8.16. The third-order valence-corrected chi connectivity index (χ3v) is 2.22. The van der Waals surface area contributed by atoms with Crippen LogP contribution in [0.5, 0.6) is 0 Å². The molecule has 0 radical (unpaired) electrons. The van der Waals surface area contributed by atoms with E-state index in [-0.39, 0.29) is 17.8 Å². The third-order valence-electron chi connectivity index (χ3n) is 2.22. The van der Waals surface area contributed by atoms with Crippen molar-refractivity contribution in [3.05, 3.63) is 0 Å². The summed E-state index contributed by atoms with van der Waals surface area (Å²) in [6.07, 6.45) is 1.83. The van der Waals surface area contributed by atoms with Gasteiger partial charge in [-0.3, -0.25) is 0 Å². The van der Waals surface area contributed by atoms with E-state index in [0.717, 1.165) is 25.9 Å². The molecule has 1 aliphatic heterocycles. The average Bonchev–Trinajstić information content (AvgIpc) is 2.07. The van der Waals surface area contributed by atoms with Crippen LogP contribution in [0.15, 0.2) is 0 Å². The van der Waals surface area contributed by atoms with E-state index in [0.29, 0.717) is 6.61 Å². The van der Waals surface area contributed by atoms with Crippen molar-refractivity contribution in [1.29, 1.82) is 5.26 Å². The molecule has 0 aromatic carbocycles. The maximum atomic E-state index is 8.91. The highest BCUT2D eigenvalue weighted by Gasteiger charge is 2.31. The molecule has 0 aromatic rings. The van der Waals surface area contributed by atoms with Crippen LogP contribution in [0.25, 0.3) is 0 Å². The van der Waals surface area contributed by atoms with Crippen LogP contribution in [0.2, 0.25) is 0 Å². The number of nitrogens with zero attached hydrogens (tertiary/aromatic N) is 1. The minimum Gasteiger partial charge on any atom is -0.383 e. The Kier molecular flexibility index (Phi) is 5.23. The number of rotatable bonds is 2. The number of piperidine rings is 1. The topological polar surface area (TPSA) is 45.0 Å². The quantitative estimate of drug-likeness (QED) is 0.705. The Bertz CT molecular complexity index is 155. The first-order valence-electron chi connectivity index (χ1n) is 3.94. The molecular formula is C8H15ClN2O. The predicted octanol–water partition coefficient (Wildman–Crippen LogP) is 0.948. The van der Waals surface area contributed by atoms with Gasteiger partial charge in [0, 0.05) is 7.11 Å². The van der Waals surface area contributed by atoms with Crippen LogP contribution in [-0.2, 0) is 4.74 Å². The molecule has 1 heterocycles. The van der Waals surface area contributed by atoms with Crippen LogP contribution in [0.3, 0.4) is 0 Å². The van der Waals surface area contributed by atoms with E-state index in [1.54, 1.807) is 7.11 Å². The molecule has 0 aliphatic carbocycles. The molecule has 0 amide bonds. The van der Waals surface area contributed by atoms with Gasteiger partial charge in [0.05, 0.1) is 18.1 Å². The van der Waals surface area contributed by atoms with Gasteiger partial charge in [0.15, 0.2) is 0 Å². The highest BCUT2D eigenvalue weighted by molar-refractivity contribution is 5.85. The number of methoxy groups -OCH3 is 1. The van der Waals surface area contributed by atoms with E-state index in [1.807, 2.05) is 0 Å². The molecule has 1 saturated heterocycles. The van der Waals surface area contributed by atoms with Crippen LogP contribution < -0.4 is 5.32 Å².